The van der Waals surface area contributed by atoms with Crippen LogP contribution >= 0.6 is 12.2 Å². The lowest BCUT2D eigenvalue weighted by atomic mass is 10.1. The Bertz CT molecular complexity index is 385. The van der Waals surface area contributed by atoms with Crippen LogP contribution in [-0.2, 0) is 0 Å². The number of nitrogens with one attached hydrogen (secondary N) is 2. The van der Waals surface area contributed by atoms with Gasteiger partial charge in [-0.05, 0) is 24.7 Å². The van der Waals surface area contributed by atoms with Crippen LogP contribution in [0.3, 0.4) is 0 Å². The highest BCUT2D eigenvalue weighted by atomic mass is 32.1. The van der Waals surface area contributed by atoms with Crippen LogP contribution in [0.15, 0.2) is 48.1 Å². The van der Waals surface area contributed by atoms with Gasteiger partial charge in [0.1, 0.15) is 0 Å². The Morgan fingerprint density at radius 3 is 2.75 bits per heavy atom. The molecular formula is C12H15N3S. The molecule has 84 valence electrons. The van der Waals surface area contributed by atoms with Gasteiger partial charge in [-0.15, -0.1) is 6.58 Å². The molecule has 16 heavy (non-hydrogen) atoms. The molecule has 0 heterocycles. The third-order valence-corrected chi connectivity index (χ3v) is 2.16. The van der Waals surface area contributed by atoms with Gasteiger partial charge < -0.3 is 5.32 Å². The average Bonchev–Trinajstić information content (AvgIpc) is 2.34. The number of nitrogens with zero attached hydrogens (tertiary/aromatic N) is 1. The monoisotopic (exact) mass is 233 g/mol. The van der Waals surface area contributed by atoms with Crippen molar-refractivity contribution in [2.24, 2.45) is 5.10 Å². The molecule has 1 aromatic carbocycles. The first-order valence-electron chi connectivity index (χ1n) is 4.98. The number of hydrogen-bond acceptors (Lipinski definition) is 2. The summed E-state index contributed by atoms with van der Waals surface area (Å²) < 4.78 is 0. The molecule has 1 rings (SSSR count). The first-order chi connectivity index (χ1) is 7.74. The molecule has 2 N–H and O–H groups in total. The molecule has 1 aromatic rings. The molecular weight excluding hydrogens is 218 g/mol. The molecule has 0 aliphatic rings. The van der Waals surface area contributed by atoms with E-state index in [9.17, 15) is 0 Å². The predicted octanol–water partition coefficient (Wildman–Crippen LogP) is 2.06. The highest BCUT2D eigenvalue weighted by molar-refractivity contribution is 7.80. The molecule has 0 aromatic heterocycles. The second-order valence-corrected chi connectivity index (χ2v) is 3.58. The zero-order valence-corrected chi connectivity index (χ0v) is 10.1. The van der Waals surface area contributed by atoms with Crippen molar-refractivity contribution in [3.63, 3.8) is 0 Å². The summed E-state index contributed by atoms with van der Waals surface area (Å²) in [5, 5.41) is 7.61. The van der Waals surface area contributed by atoms with Crippen molar-refractivity contribution in [3.8, 4) is 0 Å². The summed E-state index contributed by atoms with van der Waals surface area (Å²) in [6, 6.07) is 9.92. The van der Waals surface area contributed by atoms with Crippen molar-refractivity contribution in [1.29, 1.82) is 0 Å². The van der Waals surface area contributed by atoms with E-state index < -0.39 is 0 Å². The Morgan fingerprint density at radius 1 is 1.44 bits per heavy atom. The Hall–Kier alpha value is -1.68. The van der Waals surface area contributed by atoms with Gasteiger partial charge in [-0.1, -0.05) is 36.4 Å². The third kappa shape index (κ3) is 4.23. The molecule has 0 saturated carbocycles. The average molecular weight is 233 g/mol. The van der Waals surface area contributed by atoms with Crippen LogP contribution < -0.4 is 10.7 Å². The summed E-state index contributed by atoms with van der Waals surface area (Å²) in [6.07, 6.45) is 1.74. The van der Waals surface area contributed by atoms with E-state index in [1.165, 1.54) is 0 Å². The molecule has 0 amide bonds. The minimum absolute atomic E-state index is 0.496. The van der Waals surface area contributed by atoms with Crippen LogP contribution in [0.1, 0.15) is 12.5 Å². The van der Waals surface area contributed by atoms with Crippen molar-refractivity contribution in [1.82, 2.24) is 10.7 Å². The van der Waals surface area contributed by atoms with Gasteiger partial charge in [0.25, 0.3) is 0 Å². The SMILES string of the molecule is C=CCNC(=S)N/N=C(/C)c1ccccc1. The van der Waals surface area contributed by atoms with E-state index in [-0.39, 0.29) is 0 Å². The van der Waals surface area contributed by atoms with Crippen LogP contribution in [0.25, 0.3) is 0 Å². The van der Waals surface area contributed by atoms with Crippen molar-refractivity contribution < 1.29 is 0 Å². The number of hydrazone groups is 1. The molecule has 0 aliphatic heterocycles. The molecule has 0 unspecified atom stereocenters. The van der Waals surface area contributed by atoms with Gasteiger partial charge in [0.05, 0.1) is 5.71 Å². The quantitative estimate of drug-likeness (QED) is 0.362. The minimum atomic E-state index is 0.496. The molecule has 0 radical (unpaired) electrons. The van der Waals surface area contributed by atoms with Crippen LogP contribution in [0, 0.1) is 0 Å². The summed E-state index contributed by atoms with van der Waals surface area (Å²) in [6.45, 7) is 6.15. The number of benzene rings is 1. The van der Waals surface area contributed by atoms with Crippen molar-refractivity contribution in [2.75, 3.05) is 6.54 Å². The molecule has 0 aliphatic carbocycles. The highest BCUT2D eigenvalue weighted by Crippen LogP contribution is 1.99. The number of thiocarbonyl (C=S) groups is 1. The van der Waals surface area contributed by atoms with E-state index >= 15 is 0 Å². The lowest BCUT2D eigenvalue weighted by Gasteiger charge is -2.05. The Balaban J connectivity index is 2.51. The lowest BCUT2D eigenvalue weighted by Crippen LogP contribution is -2.32. The van der Waals surface area contributed by atoms with Crippen LogP contribution in [0.2, 0.25) is 0 Å². The number of hydrogen-bond donors (Lipinski definition) is 2. The lowest BCUT2D eigenvalue weighted by molar-refractivity contribution is 0.936. The van der Waals surface area contributed by atoms with Crippen molar-refractivity contribution in [2.45, 2.75) is 6.92 Å². The zero-order valence-electron chi connectivity index (χ0n) is 9.23. The van der Waals surface area contributed by atoms with E-state index in [0.29, 0.717) is 11.7 Å². The van der Waals surface area contributed by atoms with Crippen LogP contribution in [-0.4, -0.2) is 17.4 Å². The van der Waals surface area contributed by atoms with Gasteiger partial charge in [-0.3, -0.25) is 5.43 Å². The fraction of sp³-hybridized carbons (Fsp3) is 0.167. The smallest absolute Gasteiger partial charge is 0.187 e. The molecule has 0 bridgehead atoms. The minimum Gasteiger partial charge on any atom is -0.358 e. The normalized spacial score (nSPS) is 10.7. The second kappa shape index (κ2) is 6.74. The Kier molecular flexibility index (Phi) is 5.22. The van der Waals surface area contributed by atoms with Crippen LogP contribution in [0.5, 0.6) is 0 Å². The van der Waals surface area contributed by atoms with Crippen molar-refractivity contribution >= 4 is 23.0 Å². The van der Waals surface area contributed by atoms with Gasteiger partial charge in [0, 0.05) is 6.54 Å². The molecule has 0 atom stereocenters. The summed E-state index contributed by atoms with van der Waals surface area (Å²) in [5.41, 5.74) is 4.74. The second-order valence-electron chi connectivity index (χ2n) is 3.17. The van der Waals surface area contributed by atoms with E-state index in [1.807, 2.05) is 37.3 Å². The largest absolute Gasteiger partial charge is 0.358 e. The van der Waals surface area contributed by atoms with E-state index in [1.54, 1.807) is 6.08 Å². The molecule has 0 saturated heterocycles. The molecule has 0 spiro atoms. The Labute approximate surface area is 101 Å². The van der Waals surface area contributed by atoms with Gasteiger partial charge in [-0.2, -0.15) is 5.10 Å². The maximum Gasteiger partial charge on any atom is 0.187 e. The summed E-state index contributed by atoms with van der Waals surface area (Å²) in [5.74, 6) is 0. The fourth-order valence-corrected chi connectivity index (χ4v) is 1.21. The van der Waals surface area contributed by atoms with E-state index in [0.717, 1.165) is 11.3 Å². The number of rotatable bonds is 4. The van der Waals surface area contributed by atoms with Gasteiger partial charge in [0.2, 0.25) is 0 Å². The molecule has 4 heteroatoms. The van der Waals surface area contributed by atoms with Gasteiger partial charge in [-0.25, -0.2) is 0 Å². The topological polar surface area (TPSA) is 36.4 Å². The molecule has 0 fully saturated rings. The standard InChI is InChI=1S/C12H15N3S/c1-3-9-13-12(16)15-14-10(2)11-7-5-4-6-8-11/h3-8H,1,9H2,2H3,(H2,13,15,16)/b14-10-. The van der Waals surface area contributed by atoms with Gasteiger partial charge >= 0.3 is 0 Å². The zero-order chi connectivity index (χ0) is 11.8. The maximum absolute atomic E-state index is 5.01. The van der Waals surface area contributed by atoms with E-state index in [2.05, 4.69) is 22.4 Å². The Morgan fingerprint density at radius 2 is 2.12 bits per heavy atom. The first kappa shape index (κ1) is 12.4. The fourth-order valence-electron chi connectivity index (χ4n) is 1.08. The van der Waals surface area contributed by atoms with E-state index in [4.69, 9.17) is 12.2 Å². The van der Waals surface area contributed by atoms with Crippen LogP contribution in [0.4, 0.5) is 0 Å². The predicted molar refractivity (Wildman–Crippen MR) is 72.6 cm³/mol. The molecule has 3 nitrogen and oxygen atoms in total. The third-order valence-electron chi connectivity index (χ3n) is 1.92. The summed E-state index contributed by atoms with van der Waals surface area (Å²) in [4.78, 5) is 0. The van der Waals surface area contributed by atoms with Gasteiger partial charge in [0.15, 0.2) is 5.11 Å². The highest BCUT2D eigenvalue weighted by Gasteiger charge is 1.95. The summed E-state index contributed by atoms with van der Waals surface area (Å²) in [7, 11) is 0. The van der Waals surface area contributed by atoms with Crippen molar-refractivity contribution in [3.05, 3.63) is 48.6 Å². The summed E-state index contributed by atoms with van der Waals surface area (Å²) >= 11 is 5.01. The maximum atomic E-state index is 5.01. The first-order valence-corrected chi connectivity index (χ1v) is 5.39.